The van der Waals surface area contributed by atoms with E-state index in [9.17, 15) is 9.59 Å². The predicted molar refractivity (Wildman–Crippen MR) is 142 cm³/mol. The zero-order chi connectivity index (χ0) is 23.9. The van der Waals surface area contributed by atoms with Crippen molar-refractivity contribution in [3.05, 3.63) is 75.1 Å². The molecule has 1 aromatic carbocycles. The van der Waals surface area contributed by atoms with E-state index in [0.717, 1.165) is 67.1 Å². The Labute approximate surface area is 212 Å². The van der Waals surface area contributed by atoms with Crippen LogP contribution < -0.4 is 5.56 Å². The SMILES string of the molecule is CC(=O)N1CCN(Cc2ccc3c(c2)CCC(n2cnc4cc(-c5cccs5)sc4c2=O)C3)CC1. The van der Waals surface area contributed by atoms with Crippen molar-refractivity contribution in [3.8, 4) is 9.75 Å². The Bertz CT molecular complexity index is 1430. The van der Waals surface area contributed by atoms with E-state index in [1.54, 1.807) is 35.9 Å². The first kappa shape index (κ1) is 22.6. The van der Waals surface area contributed by atoms with Crippen molar-refractivity contribution in [2.45, 2.75) is 38.8 Å². The van der Waals surface area contributed by atoms with Gasteiger partial charge >= 0.3 is 0 Å². The van der Waals surface area contributed by atoms with Crippen molar-refractivity contribution >= 4 is 38.8 Å². The smallest absolute Gasteiger partial charge is 0.271 e. The lowest BCUT2D eigenvalue weighted by atomic mass is 9.87. The van der Waals surface area contributed by atoms with Gasteiger partial charge in [0.15, 0.2) is 0 Å². The fourth-order valence-corrected chi connectivity index (χ4v) is 7.20. The molecule has 2 aliphatic rings. The Morgan fingerprint density at radius 2 is 1.94 bits per heavy atom. The second-order valence-electron chi connectivity index (χ2n) is 9.54. The maximum absolute atomic E-state index is 13.4. The molecule has 4 heterocycles. The van der Waals surface area contributed by atoms with E-state index in [1.165, 1.54) is 21.6 Å². The minimum atomic E-state index is 0.0811. The maximum Gasteiger partial charge on any atom is 0.271 e. The minimum Gasteiger partial charge on any atom is -0.340 e. The first-order valence-electron chi connectivity index (χ1n) is 12.2. The normalized spacial score (nSPS) is 18.7. The molecule has 3 aromatic heterocycles. The van der Waals surface area contributed by atoms with Crippen molar-refractivity contribution in [2.75, 3.05) is 26.2 Å². The molecule has 1 atom stereocenters. The van der Waals surface area contributed by atoms with E-state index in [-0.39, 0.29) is 17.5 Å². The van der Waals surface area contributed by atoms with Crippen LogP contribution in [0.5, 0.6) is 0 Å². The Kier molecular flexibility index (Phi) is 6.04. The van der Waals surface area contributed by atoms with Gasteiger partial charge in [0, 0.05) is 55.4 Å². The number of carbonyl (C=O) groups is 1. The molecule has 6 nitrogen and oxygen atoms in total. The highest BCUT2D eigenvalue weighted by atomic mass is 32.1. The largest absolute Gasteiger partial charge is 0.340 e. The van der Waals surface area contributed by atoms with Crippen molar-refractivity contribution in [2.24, 2.45) is 0 Å². The average Bonchev–Trinajstić information content (AvgIpc) is 3.55. The Morgan fingerprint density at radius 1 is 1.09 bits per heavy atom. The highest BCUT2D eigenvalue weighted by Gasteiger charge is 2.24. The van der Waals surface area contributed by atoms with Gasteiger partial charge in [-0.1, -0.05) is 24.3 Å². The molecule has 1 fully saturated rings. The fourth-order valence-electron chi connectivity index (χ4n) is 5.33. The van der Waals surface area contributed by atoms with Crippen molar-refractivity contribution < 1.29 is 4.79 Å². The lowest BCUT2D eigenvalue weighted by molar-refractivity contribution is -0.130. The van der Waals surface area contributed by atoms with Gasteiger partial charge in [0.25, 0.3) is 5.56 Å². The van der Waals surface area contributed by atoms with Crippen LogP contribution in [0.2, 0.25) is 0 Å². The summed E-state index contributed by atoms with van der Waals surface area (Å²) >= 11 is 3.24. The molecule has 0 bridgehead atoms. The molecule has 1 aliphatic carbocycles. The number of hydrogen-bond acceptors (Lipinski definition) is 6. The van der Waals surface area contributed by atoms with Crippen molar-refractivity contribution in [1.82, 2.24) is 19.4 Å². The minimum absolute atomic E-state index is 0.0811. The monoisotopic (exact) mass is 504 g/mol. The summed E-state index contributed by atoms with van der Waals surface area (Å²) in [5.74, 6) is 0.170. The van der Waals surface area contributed by atoms with E-state index < -0.39 is 0 Å². The van der Waals surface area contributed by atoms with E-state index in [1.807, 2.05) is 21.6 Å². The highest BCUT2D eigenvalue weighted by Crippen LogP contribution is 2.34. The topological polar surface area (TPSA) is 58.4 Å². The van der Waals surface area contributed by atoms with Crippen LogP contribution in [-0.2, 0) is 24.2 Å². The number of aromatic nitrogens is 2. The third-order valence-electron chi connectivity index (χ3n) is 7.32. The number of amides is 1. The highest BCUT2D eigenvalue weighted by molar-refractivity contribution is 7.25. The van der Waals surface area contributed by atoms with E-state index >= 15 is 0 Å². The molecular formula is C27H28N4O2S2. The summed E-state index contributed by atoms with van der Waals surface area (Å²) in [4.78, 5) is 36.2. The Hall–Kier alpha value is -2.81. The fraction of sp³-hybridized carbons (Fsp3) is 0.370. The Morgan fingerprint density at radius 3 is 2.71 bits per heavy atom. The summed E-state index contributed by atoms with van der Waals surface area (Å²) in [5.41, 5.74) is 4.95. The number of thiophene rings is 2. The molecule has 0 radical (unpaired) electrons. The van der Waals surface area contributed by atoms with Gasteiger partial charge in [-0.3, -0.25) is 19.1 Å². The molecule has 35 heavy (non-hydrogen) atoms. The third kappa shape index (κ3) is 4.46. The molecule has 1 aliphatic heterocycles. The molecule has 1 unspecified atom stereocenters. The van der Waals surface area contributed by atoms with Crippen LogP contribution >= 0.6 is 22.7 Å². The molecule has 6 rings (SSSR count). The van der Waals surface area contributed by atoms with Gasteiger partial charge in [-0.05, 0) is 53.5 Å². The predicted octanol–water partition coefficient (Wildman–Crippen LogP) is 4.58. The summed E-state index contributed by atoms with van der Waals surface area (Å²) < 4.78 is 2.62. The van der Waals surface area contributed by atoms with E-state index in [0.29, 0.717) is 0 Å². The molecule has 180 valence electrons. The van der Waals surface area contributed by atoms with Crippen molar-refractivity contribution in [3.63, 3.8) is 0 Å². The molecule has 8 heteroatoms. The van der Waals surface area contributed by atoms with Crippen LogP contribution in [0, 0.1) is 0 Å². The second-order valence-corrected chi connectivity index (χ2v) is 11.5. The molecule has 1 amide bonds. The number of piperazine rings is 1. The second kappa shape index (κ2) is 9.33. The number of aryl methyl sites for hydroxylation is 1. The van der Waals surface area contributed by atoms with Gasteiger partial charge < -0.3 is 4.90 Å². The van der Waals surface area contributed by atoms with Gasteiger partial charge in [-0.2, -0.15) is 0 Å². The van der Waals surface area contributed by atoms with Crippen LogP contribution in [0.1, 0.15) is 36.1 Å². The average molecular weight is 505 g/mol. The van der Waals surface area contributed by atoms with Crippen LogP contribution in [0.3, 0.4) is 0 Å². The van der Waals surface area contributed by atoms with E-state index in [2.05, 4.69) is 39.5 Å². The lowest BCUT2D eigenvalue weighted by Crippen LogP contribution is -2.47. The number of benzene rings is 1. The first-order chi connectivity index (χ1) is 17.0. The number of carbonyl (C=O) groups excluding carboxylic acids is 1. The van der Waals surface area contributed by atoms with Gasteiger partial charge in [0.2, 0.25) is 5.91 Å². The lowest BCUT2D eigenvalue weighted by Gasteiger charge is -2.34. The van der Waals surface area contributed by atoms with Crippen LogP contribution in [-0.4, -0.2) is 51.4 Å². The maximum atomic E-state index is 13.4. The molecule has 1 saturated heterocycles. The number of fused-ring (bicyclic) bond motifs is 2. The first-order valence-corrected chi connectivity index (χ1v) is 13.9. The number of hydrogen-bond donors (Lipinski definition) is 0. The van der Waals surface area contributed by atoms with Crippen LogP contribution in [0.15, 0.2) is 52.9 Å². The zero-order valence-corrected chi connectivity index (χ0v) is 21.4. The molecular weight excluding hydrogens is 476 g/mol. The van der Waals surface area contributed by atoms with E-state index in [4.69, 9.17) is 0 Å². The quantitative estimate of drug-likeness (QED) is 0.408. The molecule has 0 N–H and O–H groups in total. The number of nitrogens with zero attached hydrogens (tertiary/aromatic N) is 4. The van der Waals surface area contributed by atoms with Gasteiger partial charge in [0.05, 0.1) is 11.8 Å². The van der Waals surface area contributed by atoms with Crippen molar-refractivity contribution in [1.29, 1.82) is 0 Å². The summed E-state index contributed by atoms with van der Waals surface area (Å²) in [6.45, 7) is 6.05. The summed E-state index contributed by atoms with van der Waals surface area (Å²) in [5, 5.41) is 2.06. The standard InChI is InChI=1S/C27H28N4O2S2/c1-18(32)30-10-8-29(9-11-30)16-19-4-5-21-14-22(7-6-20(21)13-19)31-17-28-23-15-25(24-3-2-12-34-24)35-26(23)27(31)33/h2-5,12-13,15,17,22H,6-11,14,16H2,1H3. The number of rotatable bonds is 4. The van der Waals surface area contributed by atoms with Gasteiger partial charge in [-0.25, -0.2) is 4.98 Å². The summed E-state index contributed by atoms with van der Waals surface area (Å²) in [6, 6.07) is 13.1. The van der Waals surface area contributed by atoms with Gasteiger partial charge in [0.1, 0.15) is 4.70 Å². The zero-order valence-electron chi connectivity index (χ0n) is 19.8. The molecule has 0 saturated carbocycles. The van der Waals surface area contributed by atoms with Gasteiger partial charge in [-0.15, -0.1) is 22.7 Å². The summed E-state index contributed by atoms with van der Waals surface area (Å²) in [7, 11) is 0. The molecule has 0 spiro atoms. The summed E-state index contributed by atoms with van der Waals surface area (Å²) in [6.07, 6.45) is 4.54. The van der Waals surface area contributed by atoms with Crippen LogP contribution in [0.4, 0.5) is 0 Å². The third-order valence-corrected chi connectivity index (χ3v) is 9.49. The molecule has 4 aromatic rings. The van der Waals surface area contributed by atoms with Crippen LogP contribution in [0.25, 0.3) is 20.0 Å². The Balaban J connectivity index is 1.17.